The number of rotatable bonds is 10. The van der Waals surface area contributed by atoms with Crippen molar-refractivity contribution in [1.29, 1.82) is 0 Å². The molecule has 2 rings (SSSR count). The third-order valence-corrected chi connectivity index (χ3v) is 5.57. The van der Waals surface area contributed by atoms with E-state index in [1.165, 1.54) is 76.2 Å². The molecule has 0 bridgehead atoms. The third-order valence-electron chi connectivity index (χ3n) is 5.57. The van der Waals surface area contributed by atoms with Gasteiger partial charge < -0.3 is 0 Å². The van der Waals surface area contributed by atoms with Crippen molar-refractivity contribution in [1.82, 2.24) is 0 Å². The van der Waals surface area contributed by atoms with Gasteiger partial charge in [0.2, 0.25) is 0 Å². The second-order valence-corrected chi connectivity index (χ2v) is 7.51. The summed E-state index contributed by atoms with van der Waals surface area (Å²) in [4.78, 5) is 0. The molecule has 24 heavy (non-hydrogen) atoms. The zero-order chi connectivity index (χ0) is 17.2. The minimum Gasteiger partial charge on any atom is -0.207 e. The standard InChI is InChI=1S/C23H35F/c1-3-5-7-13-20(10-4-2)23(18-19-11-8-6-9-12-19)21-14-16-22(24)17-15-21/h11,14-17,20,23H,3-10,12-13,18H2,1-2H3. The topological polar surface area (TPSA) is 0 Å². The predicted molar refractivity (Wildman–Crippen MR) is 103 cm³/mol. The van der Waals surface area contributed by atoms with Crippen LogP contribution in [-0.4, -0.2) is 0 Å². The summed E-state index contributed by atoms with van der Waals surface area (Å²) in [6.07, 6.45) is 16.7. The van der Waals surface area contributed by atoms with Gasteiger partial charge in [-0.05, 0) is 68.1 Å². The Labute approximate surface area is 148 Å². The number of hydrogen-bond donors (Lipinski definition) is 0. The maximum atomic E-state index is 13.4. The van der Waals surface area contributed by atoms with Crippen molar-refractivity contribution in [3.05, 3.63) is 47.3 Å². The molecule has 0 saturated carbocycles. The first kappa shape index (κ1) is 19.2. The molecular weight excluding hydrogens is 295 g/mol. The summed E-state index contributed by atoms with van der Waals surface area (Å²) < 4.78 is 13.4. The smallest absolute Gasteiger partial charge is 0.123 e. The molecule has 0 radical (unpaired) electrons. The van der Waals surface area contributed by atoms with Crippen molar-refractivity contribution >= 4 is 0 Å². The lowest BCUT2D eigenvalue weighted by Gasteiger charge is -2.29. The summed E-state index contributed by atoms with van der Waals surface area (Å²) in [6, 6.07) is 7.36. The van der Waals surface area contributed by atoms with Crippen LogP contribution in [0.1, 0.15) is 96.0 Å². The average molecular weight is 331 g/mol. The fraction of sp³-hybridized carbons (Fsp3) is 0.652. The van der Waals surface area contributed by atoms with E-state index in [0.29, 0.717) is 5.92 Å². The van der Waals surface area contributed by atoms with Gasteiger partial charge in [0.1, 0.15) is 5.82 Å². The van der Waals surface area contributed by atoms with Crippen LogP contribution in [0.25, 0.3) is 0 Å². The van der Waals surface area contributed by atoms with Crippen LogP contribution in [-0.2, 0) is 0 Å². The van der Waals surface area contributed by atoms with Crippen LogP contribution in [0.3, 0.4) is 0 Å². The van der Waals surface area contributed by atoms with Crippen LogP contribution in [0, 0.1) is 11.7 Å². The van der Waals surface area contributed by atoms with E-state index in [-0.39, 0.29) is 5.82 Å². The molecule has 0 saturated heterocycles. The Hall–Kier alpha value is -1.11. The highest BCUT2D eigenvalue weighted by Crippen LogP contribution is 2.39. The molecule has 1 aliphatic carbocycles. The van der Waals surface area contributed by atoms with Crippen molar-refractivity contribution < 1.29 is 4.39 Å². The lowest BCUT2D eigenvalue weighted by Crippen LogP contribution is -2.15. The van der Waals surface area contributed by atoms with Crippen molar-refractivity contribution in [3.63, 3.8) is 0 Å². The van der Waals surface area contributed by atoms with E-state index in [1.807, 2.05) is 12.1 Å². The quantitative estimate of drug-likeness (QED) is 0.303. The lowest BCUT2D eigenvalue weighted by atomic mass is 9.75. The number of unbranched alkanes of at least 4 members (excludes halogenated alkanes) is 2. The highest BCUT2D eigenvalue weighted by molar-refractivity contribution is 5.24. The number of benzene rings is 1. The molecule has 1 heteroatoms. The van der Waals surface area contributed by atoms with Crippen LogP contribution < -0.4 is 0 Å². The van der Waals surface area contributed by atoms with Gasteiger partial charge in [0, 0.05) is 0 Å². The summed E-state index contributed by atoms with van der Waals surface area (Å²) >= 11 is 0. The average Bonchev–Trinajstić information content (AvgIpc) is 2.61. The van der Waals surface area contributed by atoms with Gasteiger partial charge in [0.15, 0.2) is 0 Å². The molecule has 0 aliphatic heterocycles. The van der Waals surface area contributed by atoms with E-state index >= 15 is 0 Å². The van der Waals surface area contributed by atoms with Gasteiger partial charge in [0.25, 0.3) is 0 Å². The Morgan fingerprint density at radius 2 is 1.75 bits per heavy atom. The van der Waals surface area contributed by atoms with E-state index in [0.717, 1.165) is 5.92 Å². The molecular formula is C23H35F. The van der Waals surface area contributed by atoms with E-state index in [1.54, 1.807) is 17.7 Å². The third kappa shape index (κ3) is 6.07. The summed E-state index contributed by atoms with van der Waals surface area (Å²) in [7, 11) is 0. The molecule has 2 unspecified atom stereocenters. The van der Waals surface area contributed by atoms with Crippen molar-refractivity contribution in [2.45, 2.75) is 90.4 Å². The molecule has 134 valence electrons. The van der Waals surface area contributed by atoms with Crippen LogP contribution >= 0.6 is 0 Å². The fourth-order valence-corrected chi connectivity index (χ4v) is 4.21. The highest BCUT2D eigenvalue weighted by Gasteiger charge is 2.24. The van der Waals surface area contributed by atoms with Crippen LogP contribution in [0.5, 0.6) is 0 Å². The number of allylic oxidation sites excluding steroid dienone is 2. The summed E-state index contributed by atoms with van der Waals surface area (Å²) in [6.45, 7) is 4.58. The van der Waals surface area contributed by atoms with Gasteiger partial charge in [-0.15, -0.1) is 0 Å². The molecule has 0 spiro atoms. The van der Waals surface area contributed by atoms with Crippen molar-refractivity contribution in [2.24, 2.45) is 5.92 Å². The van der Waals surface area contributed by atoms with Crippen molar-refractivity contribution in [2.75, 3.05) is 0 Å². The van der Waals surface area contributed by atoms with Gasteiger partial charge in [-0.3, -0.25) is 0 Å². The second-order valence-electron chi connectivity index (χ2n) is 7.51. The maximum Gasteiger partial charge on any atom is 0.123 e. The van der Waals surface area contributed by atoms with Crippen LogP contribution in [0.4, 0.5) is 4.39 Å². The predicted octanol–water partition coefficient (Wildman–Crippen LogP) is 7.80. The van der Waals surface area contributed by atoms with E-state index in [2.05, 4.69) is 19.9 Å². The normalized spacial score (nSPS) is 17.4. The zero-order valence-corrected chi connectivity index (χ0v) is 15.7. The molecule has 1 aromatic rings. The number of halogens is 1. The summed E-state index contributed by atoms with van der Waals surface area (Å²) in [5, 5.41) is 0. The first-order valence-electron chi connectivity index (χ1n) is 10.2. The Kier molecular flexibility index (Phi) is 8.56. The Balaban J connectivity index is 2.17. The van der Waals surface area contributed by atoms with Gasteiger partial charge in [-0.25, -0.2) is 4.39 Å². The Morgan fingerprint density at radius 1 is 0.958 bits per heavy atom. The molecule has 0 N–H and O–H groups in total. The van der Waals surface area contributed by atoms with Crippen LogP contribution in [0.2, 0.25) is 0 Å². The van der Waals surface area contributed by atoms with E-state index in [4.69, 9.17) is 0 Å². The van der Waals surface area contributed by atoms with Crippen LogP contribution in [0.15, 0.2) is 35.9 Å². The molecule has 1 aromatic carbocycles. The molecule has 1 aliphatic rings. The minimum absolute atomic E-state index is 0.118. The van der Waals surface area contributed by atoms with Gasteiger partial charge in [0.05, 0.1) is 0 Å². The van der Waals surface area contributed by atoms with E-state index < -0.39 is 0 Å². The SMILES string of the molecule is CCCCCC(CCC)C(CC1=CCCCC1)c1ccc(F)cc1. The minimum atomic E-state index is -0.118. The fourth-order valence-electron chi connectivity index (χ4n) is 4.21. The molecule has 0 heterocycles. The Morgan fingerprint density at radius 3 is 2.38 bits per heavy atom. The van der Waals surface area contributed by atoms with Gasteiger partial charge in [-0.2, -0.15) is 0 Å². The first-order chi connectivity index (χ1) is 11.7. The van der Waals surface area contributed by atoms with E-state index in [9.17, 15) is 4.39 Å². The largest absolute Gasteiger partial charge is 0.207 e. The molecule has 0 nitrogen and oxygen atoms in total. The zero-order valence-electron chi connectivity index (χ0n) is 15.7. The van der Waals surface area contributed by atoms with Gasteiger partial charge >= 0.3 is 0 Å². The molecule has 0 fully saturated rings. The second kappa shape index (κ2) is 10.7. The monoisotopic (exact) mass is 330 g/mol. The maximum absolute atomic E-state index is 13.4. The summed E-state index contributed by atoms with van der Waals surface area (Å²) in [5.74, 6) is 1.18. The molecule has 2 atom stereocenters. The Bertz CT molecular complexity index is 485. The molecule has 0 amide bonds. The first-order valence-corrected chi connectivity index (χ1v) is 10.2. The lowest BCUT2D eigenvalue weighted by molar-refractivity contribution is 0.347. The number of hydrogen-bond acceptors (Lipinski definition) is 0. The highest BCUT2D eigenvalue weighted by atomic mass is 19.1. The summed E-state index contributed by atoms with van der Waals surface area (Å²) in [5.41, 5.74) is 2.99. The molecule has 0 aromatic heterocycles. The van der Waals surface area contributed by atoms with Crippen molar-refractivity contribution in [3.8, 4) is 0 Å². The van der Waals surface area contributed by atoms with Gasteiger partial charge in [-0.1, -0.05) is 69.7 Å².